The molecule has 0 spiro atoms. The van der Waals surface area contributed by atoms with Gasteiger partial charge in [0.1, 0.15) is 11.8 Å². The number of amides is 1. The molecule has 1 fully saturated rings. The van der Waals surface area contributed by atoms with Crippen LogP contribution in [-0.4, -0.2) is 48.9 Å². The molecule has 124 valence electrons. The minimum atomic E-state index is -3.96. The molecule has 2 N–H and O–H groups in total. The summed E-state index contributed by atoms with van der Waals surface area (Å²) in [4.78, 5) is 22.6. The van der Waals surface area contributed by atoms with Crippen LogP contribution in [0.25, 0.3) is 0 Å². The number of hydrogen-bond acceptors (Lipinski definition) is 5. The van der Waals surface area contributed by atoms with Crippen molar-refractivity contribution in [3.8, 4) is 5.75 Å². The van der Waals surface area contributed by atoms with E-state index in [4.69, 9.17) is 4.74 Å². The fourth-order valence-electron chi connectivity index (χ4n) is 2.80. The molecule has 1 unspecified atom stereocenters. The molecule has 1 aromatic carbocycles. The Morgan fingerprint density at radius 2 is 2.13 bits per heavy atom. The fourth-order valence-corrected chi connectivity index (χ4v) is 4.48. The Balaban J connectivity index is 1.97. The lowest BCUT2D eigenvalue weighted by Gasteiger charge is -2.32. The zero-order valence-corrected chi connectivity index (χ0v) is 13.0. The average Bonchev–Trinajstić information content (AvgIpc) is 2.54. The van der Waals surface area contributed by atoms with E-state index in [2.05, 4.69) is 5.32 Å². The van der Waals surface area contributed by atoms with E-state index in [9.17, 15) is 23.1 Å². The Labute approximate surface area is 133 Å². The number of aliphatic carboxylic acids is 1. The number of carboxylic acids is 1. The molecule has 2 heterocycles. The standard InChI is InChI=1S/C14H16N2O6S/c17-13-8-22-12-5-4-9(7-10(12)15-13)23(20,21)16-6-2-1-3-11(16)14(18)19/h4-5,7,11H,1-3,6,8H2,(H,15,17)(H,18,19). The molecule has 2 aliphatic heterocycles. The van der Waals surface area contributed by atoms with Gasteiger partial charge < -0.3 is 15.2 Å². The zero-order chi connectivity index (χ0) is 16.6. The monoisotopic (exact) mass is 340 g/mol. The molecule has 0 aliphatic carbocycles. The van der Waals surface area contributed by atoms with Gasteiger partial charge in [-0.05, 0) is 37.5 Å². The number of rotatable bonds is 3. The largest absolute Gasteiger partial charge is 0.482 e. The smallest absolute Gasteiger partial charge is 0.322 e. The highest BCUT2D eigenvalue weighted by molar-refractivity contribution is 7.89. The summed E-state index contributed by atoms with van der Waals surface area (Å²) in [7, 11) is -3.96. The fraction of sp³-hybridized carbons (Fsp3) is 0.429. The Bertz CT molecular complexity index is 761. The summed E-state index contributed by atoms with van der Waals surface area (Å²) in [5.74, 6) is -1.13. The lowest BCUT2D eigenvalue weighted by atomic mass is 10.1. The molecule has 1 amide bonds. The number of nitrogens with one attached hydrogen (secondary N) is 1. The number of fused-ring (bicyclic) bond motifs is 1. The lowest BCUT2D eigenvalue weighted by molar-refractivity contribution is -0.142. The molecule has 2 aliphatic rings. The third-order valence-corrected chi connectivity index (χ3v) is 5.83. The maximum absolute atomic E-state index is 12.8. The van der Waals surface area contributed by atoms with Crippen LogP contribution < -0.4 is 10.1 Å². The molecule has 1 aromatic rings. The second kappa shape index (κ2) is 5.82. The Morgan fingerprint density at radius 1 is 1.35 bits per heavy atom. The van der Waals surface area contributed by atoms with Gasteiger partial charge >= 0.3 is 5.97 Å². The third-order valence-electron chi connectivity index (χ3n) is 3.93. The predicted octanol–water partition coefficient (Wildman–Crippen LogP) is 0.645. The van der Waals surface area contributed by atoms with Crippen molar-refractivity contribution in [1.29, 1.82) is 0 Å². The van der Waals surface area contributed by atoms with Crippen molar-refractivity contribution in [3.05, 3.63) is 18.2 Å². The van der Waals surface area contributed by atoms with Crippen molar-refractivity contribution < 1.29 is 27.9 Å². The number of nitrogens with zero attached hydrogens (tertiary/aromatic N) is 1. The highest BCUT2D eigenvalue weighted by atomic mass is 32.2. The molecule has 1 saturated heterocycles. The van der Waals surface area contributed by atoms with Gasteiger partial charge in [0.25, 0.3) is 5.91 Å². The minimum Gasteiger partial charge on any atom is -0.482 e. The molecule has 0 bridgehead atoms. The van der Waals surface area contributed by atoms with Gasteiger partial charge in [-0.2, -0.15) is 4.31 Å². The van der Waals surface area contributed by atoms with E-state index in [1.807, 2.05) is 0 Å². The van der Waals surface area contributed by atoms with Crippen molar-refractivity contribution in [2.45, 2.75) is 30.2 Å². The highest BCUT2D eigenvalue weighted by Crippen LogP contribution is 2.33. The SMILES string of the molecule is O=C1COc2ccc(S(=O)(=O)N3CCCCC3C(=O)O)cc2N1. The van der Waals surface area contributed by atoms with Crippen molar-refractivity contribution in [2.24, 2.45) is 0 Å². The van der Waals surface area contributed by atoms with E-state index < -0.39 is 22.0 Å². The van der Waals surface area contributed by atoms with Crippen LogP contribution in [0.4, 0.5) is 5.69 Å². The van der Waals surface area contributed by atoms with Gasteiger partial charge in [0.2, 0.25) is 10.0 Å². The van der Waals surface area contributed by atoms with Crippen molar-refractivity contribution in [1.82, 2.24) is 4.31 Å². The van der Waals surface area contributed by atoms with Gasteiger partial charge in [-0.1, -0.05) is 0 Å². The first kappa shape index (κ1) is 15.8. The van der Waals surface area contributed by atoms with E-state index in [1.165, 1.54) is 18.2 Å². The Kier molecular flexibility index (Phi) is 3.99. The number of carbonyl (C=O) groups excluding carboxylic acids is 1. The van der Waals surface area contributed by atoms with Crippen LogP contribution in [-0.2, 0) is 19.6 Å². The van der Waals surface area contributed by atoms with Gasteiger partial charge in [-0.15, -0.1) is 0 Å². The summed E-state index contributed by atoms with van der Waals surface area (Å²) in [6, 6.07) is 3.06. The highest BCUT2D eigenvalue weighted by Gasteiger charge is 2.38. The first-order valence-corrected chi connectivity index (χ1v) is 8.65. The van der Waals surface area contributed by atoms with Crippen molar-refractivity contribution in [3.63, 3.8) is 0 Å². The maximum Gasteiger partial charge on any atom is 0.322 e. The second-order valence-corrected chi connectivity index (χ2v) is 7.35. The van der Waals surface area contributed by atoms with Crippen LogP contribution in [0.15, 0.2) is 23.1 Å². The van der Waals surface area contributed by atoms with Gasteiger partial charge in [0.05, 0.1) is 10.6 Å². The second-order valence-electron chi connectivity index (χ2n) is 5.46. The zero-order valence-electron chi connectivity index (χ0n) is 12.2. The average molecular weight is 340 g/mol. The van der Waals surface area contributed by atoms with Crippen LogP contribution >= 0.6 is 0 Å². The number of hydrogen-bond donors (Lipinski definition) is 2. The van der Waals surface area contributed by atoms with Crippen LogP contribution in [0.2, 0.25) is 0 Å². The number of sulfonamides is 1. The number of anilines is 1. The summed E-state index contributed by atoms with van der Waals surface area (Å²) in [5, 5.41) is 11.8. The predicted molar refractivity (Wildman–Crippen MR) is 79.7 cm³/mol. The first-order valence-electron chi connectivity index (χ1n) is 7.21. The number of carbonyl (C=O) groups is 2. The van der Waals surface area contributed by atoms with Gasteiger partial charge in [-0.3, -0.25) is 9.59 Å². The summed E-state index contributed by atoms with van der Waals surface area (Å²) in [6.45, 7) is 0.0472. The molecule has 3 rings (SSSR count). The molecule has 8 nitrogen and oxygen atoms in total. The van der Waals surface area contributed by atoms with E-state index in [1.54, 1.807) is 0 Å². The summed E-state index contributed by atoms with van der Waals surface area (Å²) in [5.41, 5.74) is 0.270. The Morgan fingerprint density at radius 3 is 2.87 bits per heavy atom. The third kappa shape index (κ3) is 2.89. The van der Waals surface area contributed by atoms with E-state index in [0.29, 0.717) is 25.0 Å². The normalized spacial score (nSPS) is 21.9. The van der Waals surface area contributed by atoms with Crippen LogP contribution in [0.3, 0.4) is 0 Å². The van der Waals surface area contributed by atoms with Gasteiger partial charge in [0, 0.05) is 6.54 Å². The maximum atomic E-state index is 12.8. The Hall–Kier alpha value is -2.13. The van der Waals surface area contributed by atoms with E-state index in [-0.39, 0.29) is 29.6 Å². The van der Waals surface area contributed by atoms with Gasteiger partial charge in [0.15, 0.2) is 6.61 Å². The van der Waals surface area contributed by atoms with Gasteiger partial charge in [-0.25, -0.2) is 8.42 Å². The first-order chi connectivity index (χ1) is 10.9. The molecule has 0 aromatic heterocycles. The molecule has 23 heavy (non-hydrogen) atoms. The summed E-state index contributed by atoms with van der Waals surface area (Å²) >= 11 is 0. The molecular weight excluding hydrogens is 324 g/mol. The number of ether oxygens (including phenoxy) is 1. The van der Waals surface area contributed by atoms with E-state index in [0.717, 1.165) is 4.31 Å². The number of carboxylic acid groups (broad SMARTS) is 1. The van der Waals surface area contributed by atoms with Crippen LogP contribution in [0.5, 0.6) is 5.75 Å². The molecule has 0 saturated carbocycles. The lowest BCUT2D eigenvalue weighted by Crippen LogP contribution is -2.47. The van der Waals surface area contributed by atoms with E-state index >= 15 is 0 Å². The molecular formula is C14H16N2O6S. The molecule has 1 atom stereocenters. The summed E-state index contributed by atoms with van der Waals surface area (Å²) in [6.07, 6.45) is 1.59. The van der Waals surface area contributed by atoms with Crippen LogP contribution in [0.1, 0.15) is 19.3 Å². The number of piperidine rings is 1. The molecule has 0 radical (unpaired) electrons. The summed E-state index contributed by atoms with van der Waals surface area (Å²) < 4.78 is 31.8. The van der Waals surface area contributed by atoms with Crippen molar-refractivity contribution >= 4 is 27.6 Å². The van der Waals surface area contributed by atoms with Crippen molar-refractivity contribution in [2.75, 3.05) is 18.5 Å². The topological polar surface area (TPSA) is 113 Å². The number of benzene rings is 1. The van der Waals surface area contributed by atoms with Crippen LogP contribution in [0, 0.1) is 0 Å². The molecule has 9 heteroatoms. The quantitative estimate of drug-likeness (QED) is 0.835. The minimum absolute atomic E-state index is 0.0600.